The second kappa shape index (κ2) is 5.73. The van der Waals surface area contributed by atoms with Crippen molar-refractivity contribution in [3.63, 3.8) is 0 Å². The van der Waals surface area contributed by atoms with E-state index in [4.69, 9.17) is 0 Å². The van der Waals surface area contributed by atoms with E-state index in [2.05, 4.69) is 54.2 Å². The second-order valence-corrected chi connectivity index (χ2v) is 4.86. The van der Waals surface area contributed by atoms with E-state index in [1.165, 1.54) is 11.1 Å². The lowest BCUT2D eigenvalue weighted by atomic mass is 10.1. The van der Waals surface area contributed by atoms with Crippen LogP contribution in [0.5, 0.6) is 0 Å². The zero-order valence-electron chi connectivity index (χ0n) is 9.94. The number of hydrogen-bond acceptors (Lipinski definition) is 2. The molecular formula is C14H16N2S. The molecule has 0 fully saturated rings. The molecule has 17 heavy (non-hydrogen) atoms. The average Bonchev–Trinajstić information content (AvgIpc) is 2.37. The van der Waals surface area contributed by atoms with Gasteiger partial charge >= 0.3 is 0 Å². The van der Waals surface area contributed by atoms with Crippen LogP contribution in [0, 0.1) is 6.92 Å². The standard InChI is InChI=1S/C14H16N2S/c1-3-9-15-14-16-13(8-10-17-14)12-6-4-11(2)5-7-12/h3-8H,1,9-10H2,2H3,(H,15,16). The van der Waals surface area contributed by atoms with E-state index in [-0.39, 0.29) is 0 Å². The number of aliphatic imine (C=N–C) groups is 1. The number of amidine groups is 1. The molecule has 1 heterocycles. The van der Waals surface area contributed by atoms with Crippen molar-refractivity contribution >= 4 is 22.6 Å². The van der Waals surface area contributed by atoms with Gasteiger partial charge in [0.25, 0.3) is 0 Å². The first-order valence-corrected chi connectivity index (χ1v) is 6.60. The van der Waals surface area contributed by atoms with Crippen LogP contribution >= 0.6 is 11.8 Å². The maximum Gasteiger partial charge on any atom is 0.161 e. The summed E-state index contributed by atoms with van der Waals surface area (Å²) in [5, 5.41) is 4.33. The van der Waals surface area contributed by atoms with Gasteiger partial charge in [0, 0.05) is 11.4 Å². The molecule has 0 aliphatic carbocycles. The van der Waals surface area contributed by atoms with E-state index in [0.717, 1.165) is 16.6 Å². The third-order valence-corrected chi connectivity index (χ3v) is 3.31. The number of thioether (sulfide) groups is 1. The summed E-state index contributed by atoms with van der Waals surface area (Å²) in [6, 6.07) is 8.52. The van der Waals surface area contributed by atoms with Crippen LogP contribution in [0.25, 0.3) is 5.70 Å². The zero-order chi connectivity index (χ0) is 12.1. The van der Waals surface area contributed by atoms with Gasteiger partial charge in [-0.05, 0) is 18.6 Å². The molecule has 1 aliphatic heterocycles. The first kappa shape index (κ1) is 12.0. The molecule has 1 aliphatic rings. The number of nitrogens with one attached hydrogen (secondary N) is 1. The Labute approximate surface area is 107 Å². The highest BCUT2D eigenvalue weighted by molar-refractivity contribution is 8.14. The number of rotatable bonds is 3. The van der Waals surface area contributed by atoms with Crippen LogP contribution in [0.4, 0.5) is 0 Å². The van der Waals surface area contributed by atoms with Crippen molar-refractivity contribution in [3.05, 3.63) is 54.1 Å². The van der Waals surface area contributed by atoms with Gasteiger partial charge < -0.3 is 5.32 Å². The first-order valence-electron chi connectivity index (χ1n) is 5.62. The fraction of sp³-hybridized carbons (Fsp3) is 0.214. The number of benzene rings is 1. The number of aryl methyl sites for hydroxylation is 1. The minimum Gasteiger partial charge on any atom is -0.335 e. The fourth-order valence-corrected chi connectivity index (χ4v) is 2.32. The molecule has 0 saturated heterocycles. The van der Waals surface area contributed by atoms with E-state index >= 15 is 0 Å². The fourth-order valence-electron chi connectivity index (χ4n) is 1.56. The van der Waals surface area contributed by atoms with Crippen LogP contribution in [0.15, 0.2) is 48.0 Å². The van der Waals surface area contributed by atoms with E-state index < -0.39 is 0 Å². The third kappa shape index (κ3) is 3.24. The SMILES string of the molecule is C=CCN=C1NC(c2ccc(C)cc2)=CCS1. The maximum absolute atomic E-state index is 4.40. The lowest BCUT2D eigenvalue weighted by Gasteiger charge is -2.17. The van der Waals surface area contributed by atoms with Gasteiger partial charge in [-0.25, -0.2) is 0 Å². The normalized spacial score (nSPS) is 17.5. The Morgan fingerprint density at radius 1 is 1.41 bits per heavy atom. The molecule has 0 aromatic heterocycles. The van der Waals surface area contributed by atoms with Crippen LogP contribution in [-0.2, 0) is 0 Å². The Morgan fingerprint density at radius 2 is 2.18 bits per heavy atom. The molecule has 88 valence electrons. The molecule has 0 unspecified atom stereocenters. The van der Waals surface area contributed by atoms with Crippen molar-refractivity contribution in [1.82, 2.24) is 5.32 Å². The Bertz CT molecular complexity index is 458. The van der Waals surface area contributed by atoms with Crippen molar-refractivity contribution in [3.8, 4) is 0 Å². The largest absolute Gasteiger partial charge is 0.335 e. The first-order chi connectivity index (χ1) is 8.29. The Hall–Kier alpha value is -1.48. The van der Waals surface area contributed by atoms with Gasteiger partial charge in [0.15, 0.2) is 5.17 Å². The zero-order valence-corrected chi connectivity index (χ0v) is 10.8. The summed E-state index contributed by atoms with van der Waals surface area (Å²) in [5.74, 6) is 0.964. The van der Waals surface area contributed by atoms with Gasteiger partial charge in [0.1, 0.15) is 0 Å². The highest BCUT2D eigenvalue weighted by Crippen LogP contribution is 2.20. The summed E-state index contributed by atoms with van der Waals surface area (Å²) in [5.41, 5.74) is 3.63. The molecule has 0 spiro atoms. The van der Waals surface area contributed by atoms with E-state index in [1.54, 1.807) is 17.8 Å². The molecule has 0 atom stereocenters. The minimum atomic E-state index is 0.663. The lowest BCUT2D eigenvalue weighted by Crippen LogP contribution is -2.23. The van der Waals surface area contributed by atoms with Crippen molar-refractivity contribution in [2.24, 2.45) is 4.99 Å². The average molecular weight is 244 g/mol. The highest BCUT2D eigenvalue weighted by atomic mass is 32.2. The molecule has 2 rings (SSSR count). The van der Waals surface area contributed by atoms with Crippen LogP contribution in [0.2, 0.25) is 0 Å². The quantitative estimate of drug-likeness (QED) is 0.826. The smallest absolute Gasteiger partial charge is 0.161 e. The van der Waals surface area contributed by atoms with Crippen LogP contribution in [0.3, 0.4) is 0 Å². The Balaban J connectivity index is 2.14. The summed E-state index contributed by atoms with van der Waals surface area (Å²) < 4.78 is 0. The molecule has 0 bridgehead atoms. The predicted octanol–water partition coefficient (Wildman–Crippen LogP) is 3.21. The van der Waals surface area contributed by atoms with Crippen molar-refractivity contribution in [1.29, 1.82) is 0 Å². The highest BCUT2D eigenvalue weighted by Gasteiger charge is 2.10. The van der Waals surface area contributed by atoms with E-state index in [1.807, 2.05) is 0 Å². The van der Waals surface area contributed by atoms with Crippen LogP contribution < -0.4 is 5.32 Å². The molecule has 0 radical (unpaired) electrons. The van der Waals surface area contributed by atoms with Crippen molar-refractivity contribution in [2.45, 2.75) is 6.92 Å². The molecule has 2 nitrogen and oxygen atoms in total. The number of nitrogens with zero attached hydrogens (tertiary/aromatic N) is 1. The van der Waals surface area contributed by atoms with Gasteiger partial charge in [-0.15, -0.1) is 6.58 Å². The molecule has 0 saturated carbocycles. The molecule has 1 aromatic carbocycles. The van der Waals surface area contributed by atoms with Crippen molar-refractivity contribution in [2.75, 3.05) is 12.3 Å². The van der Waals surface area contributed by atoms with Gasteiger partial charge in [-0.1, -0.05) is 47.7 Å². The third-order valence-electron chi connectivity index (χ3n) is 2.48. The van der Waals surface area contributed by atoms with Crippen LogP contribution in [-0.4, -0.2) is 17.5 Å². The Morgan fingerprint density at radius 3 is 2.88 bits per heavy atom. The summed E-state index contributed by atoms with van der Waals surface area (Å²) in [4.78, 5) is 4.40. The Kier molecular flexibility index (Phi) is 4.04. The maximum atomic E-state index is 4.40. The van der Waals surface area contributed by atoms with E-state index in [9.17, 15) is 0 Å². The molecule has 1 aromatic rings. The van der Waals surface area contributed by atoms with Crippen LogP contribution in [0.1, 0.15) is 11.1 Å². The lowest BCUT2D eigenvalue weighted by molar-refractivity contribution is 1.19. The summed E-state index contributed by atoms with van der Waals surface area (Å²) in [7, 11) is 0. The van der Waals surface area contributed by atoms with Gasteiger partial charge in [0.05, 0.1) is 6.54 Å². The molecule has 1 N–H and O–H groups in total. The van der Waals surface area contributed by atoms with Gasteiger partial charge in [-0.3, -0.25) is 4.99 Å². The summed E-state index contributed by atoms with van der Waals surface area (Å²) >= 11 is 1.72. The van der Waals surface area contributed by atoms with Gasteiger partial charge in [0.2, 0.25) is 0 Å². The van der Waals surface area contributed by atoms with E-state index in [0.29, 0.717) is 6.54 Å². The van der Waals surface area contributed by atoms with Gasteiger partial charge in [-0.2, -0.15) is 0 Å². The van der Waals surface area contributed by atoms with Crippen molar-refractivity contribution < 1.29 is 0 Å². The summed E-state index contributed by atoms with van der Waals surface area (Å²) in [6.45, 7) is 6.43. The molecule has 3 heteroatoms. The predicted molar refractivity (Wildman–Crippen MR) is 77.2 cm³/mol. The minimum absolute atomic E-state index is 0.663. The molecular weight excluding hydrogens is 228 g/mol. The molecule has 0 amide bonds. The summed E-state index contributed by atoms with van der Waals surface area (Å²) in [6.07, 6.45) is 4.00. The second-order valence-electron chi connectivity index (χ2n) is 3.85. The number of hydrogen-bond donors (Lipinski definition) is 1. The monoisotopic (exact) mass is 244 g/mol. The topological polar surface area (TPSA) is 24.4 Å².